The second-order valence-corrected chi connectivity index (χ2v) is 8.87. The average Bonchev–Trinajstić information content (AvgIpc) is 3.04. The summed E-state index contributed by atoms with van der Waals surface area (Å²) >= 11 is 0. The maximum absolute atomic E-state index is 12.8. The molecule has 0 aliphatic carbocycles. The van der Waals surface area contributed by atoms with Crippen molar-refractivity contribution < 1.29 is 22.4 Å². The van der Waals surface area contributed by atoms with Gasteiger partial charge in [0.25, 0.3) is 0 Å². The van der Waals surface area contributed by atoms with E-state index in [9.17, 15) is 18.0 Å². The molecule has 160 valence electrons. The number of rotatable bonds is 7. The predicted molar refractivity (Wildman–Crippen MR) is 112 cm³/mol. The first-order valence-corrected chi connectivity index (χ1v) is 10.7. The van der Waals surface area contributed by atoms with E-state index in [4.69, 9.17) is 9.15 Å². The Morgan fingerprint density at radius 3 is 2.60 bits per heavy atom. The Labute approximate surface area is 173 Å². The standard InChI is InChI=1S/C20H23N3O6S/c1-5-28-17-11-10-14(12-18(17)30(26,27)22(3)4)21-19(24)13(2)23-15-8-6-7-9-16(15)29-20(23)25/h6-13H,5H2,1-4H3,(H,21,24). The van der Waals surface area contributed by atoms with Crippen LogP contribution in [0.4, 0.5) is 5.69 Å². The van der Waals surface area contributed by atoms with E-state index in [0.717, 1.165) is 4.31 Å². The highest BCUT2D eigenvalue weighted by Gasteiger charge is 2.25. The second kappa shape index (κ2) is 8.33. The third-order valence-corrected chi connectivity index (χ3v) is 6.39. The van der Waals surface area contributed by atoms with E-state index in [0.29, 0.717) is 11.1 Å². The minimum Gasteiger partial charge on any atom is -0.492 e. The first-order valence-electron chi connectivity index (χ1n) is 9.27. The van der Waals surface area contributed by atoms with E-state index < -0.39 is 27.7 Å². The van der Waals surface area contributed by atoms with E-state index in [1.54, 1.807) is 44.2 Å². The van der Waals surface area contributed by atoms with Crippen molar-refractivity contribution in [1.29, 1.82) is 0 Å². The molecule has 3 rings (SSSR count). The molecule has 0 saturated carbocycles. The van der Waals surface area contributed by atoms with Gasteiger partial charge in [-0.1, -0.05) is 12.1 Å². The third kappa shape index (κ3) is 3.96. The molecule has 1 N–H and O–H groups in total. The van der Waals surface area contributed by atoms with Crippen LogP contribution < -0.4 is 15.8 Å². The molecule has 0 saturated heterocycles. The van der Waals surface area contributed by atoms with Gasteiger partial charge in [-0.3, -0.25) is 9.36 Å². The zero-order chi connectivity index (χ0) is 22.1. The van der Waals surface area contributed by atoms with Crippen molar-refractivity contribution in [3.8, 4) is 5.75 Å². The van der Waals surface area contributed by atoms with E-state index >= 15 is 0 Å². The van der Waals surface area contributed by atoms with Crippen molar-refractivity contribution in [3.05, 3.63) is 53.0 Å². The van der Waals surface area contributed by atoms with E-state index in [2.05, 4.69) is 5.32 Å². The van der Waals surface area contributed by atoms with Crippen LogP contribution in [0.3, 0.4) is 0 Å². The number of nitrogens with zero attached hydrogens (tertiary/aromatic N) is 2. The molecule has 10 heteroatoms. The molecule has 1 aromatic heterocycles. The highest BCUT2D eigenvalue weighted by molar-refractivity contribution is 7.89. The Morgan fingerprint density at radius 2 is 1.93 bits per heavy atom. The van der Waals surface area contributed by atoms with Gasteiger partial charge < -0.3 is 14.5 Å². The van der Waals surface area contributed by atoms with Crippen LogP contribution in [-0.2, 0) is 14.8 Å². The fraction of sp³-hybridized carbons (Fsp3) is 0.300. The first kappa shape index (κ1) is 21.6. The summed E-state index contributed by atoms with van der Waals surface area (Å²) < 4.78 is 38.2. The Kier molecular flexibility index (Phi) is 5.99. The second-order valence-electron chi connectivity index (χ2n) is 6.75. The minimum atomic E-state index is -3.80. The summed E-state index contributed by atoms with van der Waals surface area (Å²) in [5.74, 6) is -0.961. The van der Waals surface area contributed by atoms with Crippen molar-refractivity contribution in [2.75, 3.05) is 26.0 Å². The van der Waals surface area contributed by atoms with Gasteiger partial charge in [0.2, 0.25) is 15.9 Å². The molecule has 30 heavy (non-hydrogen) atoms. The summed E-state index contributed by atoms with van der Waals surface area (Å²) in [6.45, 7) is 3.59. The monoisotopic (exact) mass is 433 g/mol. The van der Waals surface area contributed by atoms with Gasteiger partial charge in [0, 0.05) is 19.8 Å². The predicted octanol–water partition coefficient (Wildman–Crippen LogP) is 2.44. The lowest BCUT2D eigenvalue weighted by molar-refractivity contribution is -0.118. The van der Waals surface area contributed by atoms with Crippen molar-refractivity contribution in [2.24, 2.45) is 0 Å². The number of benzene rings is 2. The largest absolute Gasteiger partial charge is 0.492 e. The number of nitrogens with one attached hydrogen (secondary N) is 1. The summed E-state index contributed by atoms with van der Waals surface area (Å²) in [6.07, 6.45) is 0. The van der Waals surface area contributed by atoms with Gasteiger partial charge in [0.05, 0.1) is 12.1 Å². The molecule has 2 aromatic carbocycles. The van der Waals surface area contributed by atoms with Crippen LogP contribution in [0, 0.1) is 0 Å². The van der Waals surface area contributed by atoms with Gasteiger partial charge in [-0.25, -0.2) is 17.5 Å². The molecular weight excluding hydrogens is 410 g/mol. The van der Waals surface area contributed by atoms with Gasteiger partial charge >= 0.3 is 5.76 Å². The summed E-state index contributed by atoms with van der Waals surface area (Å²) in [5.41, 5.74) is 1.13. The molecule has 1 atom stereocenters. The molecule has 0 spiro atoms. The van der Waals surface area contributed by atoms with Crippen LogP contribution in [0.2, 0.25) is 0 Å². The quantitative estimate of drug-likeness (QED) is 0.613. The lowest BCUT2D eigenvalue weighted by Gasteiger charge is -2.18. The molecule has 0 bridgehead atoms. The molecule has 9 nitrogen and oxygen atoms in total. The SMILES string of the molecule is CCOc1ccc(NC(=O)C(C)n2c(=O)oc3ccccc32)cc1S(=O)(=O)N(C)C. The molecule has 0 radical (unpaired) electrons. The summed E-state index contributed by atoms with van der Waals surface area (Å²) in [7, 11) is -0.977. The van der Waals surface area contributed by atoms with E-state index in [1.807, 2.05) is 0 Å². The number of sulfonamides is 1. The van der Waals surface area contributed by atoms with Gasteiger partial charge in [-0.15, -0.1) is 0 Å². The molecular formula is C20H23N3O6S. The first-order chi connectivity index (χ1) is 14.2. The topological polar surface area (TPSA) is 111 Å². The number of fused-ring (bicyclic) bond motifs is 1. The molecule has 1 unspecified atom stereocenters. The lowest BCUT2D eigenvalue weighted by Crippen LogP contribution is -2.29. The Morgan fingerprint density at radius 1 is 1.23 bits per heavy atom. The number of hydrogen-bond acceptors (Lipinski definition) is 6. The highest BCUT2D eigenvalue weighted by atomic mass is 32.2. The van der Waals surface area contributed by atoms with Crippen LogP contribution in [0.1, 0.15) is 19.9 Å². The molecule has 0 fully saturated rings. The fourth-order valence-corrected chi connectivity index (χ4v) is 4.02. The maximum Gasteiger partial charge on any atom is 0.420 e. The van der Waals surface area contributed by atoms with E-state index in [-0.39, 0.29) is 22.9 Å². The number of carbonyl (C=O) groups is 1. The van der Waals surface area contributed by atoms with Crippen LogP contribution in [0.25, 0.3) is 11.1 Å². The number of aromatic nitrogens is 1. The smallest absolute Gasteiger partial charge is 0.420 e. The molecule has 1 heterocycles. The lowest BCUT2D eigenvalue weighted by atomic mass is 10.2. The Bertz CT molecular complexity index is 1240. The molecule has 1 amide bonds. The number of oxazole rings is 1. The van der Waals surface area contributed by atoms with Gasteiger partial charge in [-0.05, 0) is 44.2 Å². The number of carbonyl (C=O) groups excluding carboxylic acids is 1. The van der Waals surface area contributed by atoms with Gasteiger partial charge in [0.15, 0.2) is 5.58 Å². The summed E-state index contributed by atoms with van der Waals surface area (Å²) in [5, 5.41) is 2.66. The zero-order valence-electron chi connectivity index (χ0n) is 17.1. The maximum atomic E-state index is 12.8. The van der Waals surface area contributed by atoms with Crippen molar-refractivity contribution in [2.45, 2.75) is 24.8 Å². The number of hydrogen-bond donors (Lipinski definition) is 1. The van der Waals surface area contributed by atoms with Crippen LogP contribution >= 0.6 is 0 Å². The van der Waals surface area contributed by atoms with Crippen molar-refractivity contribution in [3.63, 3.8) is 0 Å². The molecule has 0 aliphatic rings. The number of para-hydroxylation sites is 2. The summed E-state index contributed by atoms with van der Waals surface area (Å²) in [6, 6.07) is 10.3. The third-order valence-electron chi connectivity index (χ3n) is 4.56. The zero-order valence-corrected chi connectivity index (χ0v) is 17.9. The number of amides is 1. The molecule has 0 aliphatic heterocycles. The van der Waals surface area contributed by atoms with Gasteiger partial charge in [0.1, 0.15) is 16.7 Å². The van der Waals surface area contributed by atoms with E-state index in [1.165, 1.54) is 30.8 Å². The van der Waals surface area contributed by atoms with Crippen LogP contribution in [-0.4, -0.2) is 43.9 Å². The number of anilines is 1. The van der Waals surface area contributed by atoms with Gasteiger partial charge in [-0.2, -0.15) is 0 Å². The summed E-state index contributed by atoms with van der Waals surface area (Å²) in [4.78, 5) is 25.0. The minimum absolute atomic E-state index is 0.0641. The fourth-order valence-electron chi connectivity index (χ4n) is 2.97. The van der Waals surface area contributed by atoms with Crippen molar-refractivity contribution in [1.82, 2.24) is 8.87 Å². The normalized spacial score (nSPS) is 12.8. The number of ether oxygens (including phenoxy) is 1. The van der Waals surface area contributed by atoms with Crippen LogP contribution in [0.15, 0.2) is 56.6 Å². The highest BCUT2D eigenvalue weighted by Crippen LogP contribution is 2.29. The van der Waals surface area contributed by atoms with Crippen molar-refractivity contribution >= 4 is 32.7 Å². The van der Waals surface area contributed by atoms with Crippen LogP contribution in [0.5, 0.6) is 5.75 Å². The Balaban J connectivity index is 1.95. The average molecular weight is 433 g/mol. The Hall–Kier alpha value is -3.11. The molecule has 3 aromatic rings.